The highest BCUT2D eigenvalue weighted by molar-refractivity contribution is 5.93. The van der Waals surface area contributed by atoms with Gasteiger partial charge in [-0.25, -0.2) is 0 Å². The number of hydrogen-bond donors (Lipinski definition) is 0. The molecule has 1 aliphatic carbocycles. The van der Waals surface area contributed by atoms with E-state index in [0.717, 1.165) is 18.6 Å². The molecule has 0 heterocycles. The lowest BCUT2D eigenvalue weighted by Gasteiger charge is -2.07. The van der Waals surface area contributed by atoms with Crippen molar-refractivity contribution in [2.45, 2.75) is 19.8 Å². The second-order valence-corrected chi connectivity index (χ2v) is 4.15. The molecule has 2 aromatic rings. The predicted octanol–water partition coefficient (Wildman–Crippen LogP) is 2.86. The van der Waals surface area contributed by atoms with Crippen LogP contribution in [0.3, 0.4) is 0 Å². The molecule has 2 heteroatoms. The van der Waals surface area contributed by atoms with Gasteiger partial charge in [0.2, 0.25) is 0 Å². The Bertz CT molecular complexity index is 585. The zero-order chi connectivity index (χ0) is 11.1. The molecular formula is C14H12O2. The summed E-state index contributed by atoms with van der Waals surface area (Å²) in [7, 11) is 0. The van der Waals surface area contributed by atoms with Gasteiger partial charge in [0.1, 0.15) is 5.75 Å². The lowest BCUT2D eigenvalue weighted by molar-refractivity contribution is -0.131. The summed E-state index contributed by atoms with van der Waals surface area (Å²) in [4.78, 5) is 11.0. The third-order valence-electron chi connectivity index (χ3n) is 3.09. The van der Waals surface area contributed by atoms with E-state index in [0.29, 0.717) is 0 Å². The summed E-state index contributed by atoms with van der Waals surface area (Å²) in [5, 5.41) is 2.52. The van der Waals surface area contributed by atoms with E-state index >= 15 is 0 Å². The van der Waals surface area contributed by atoms with E-state index in [9.17, 15) is 4.79 Å². The smallest absolute Gasteiger partial charge is 0.308 e. The fraction of sp³-hybridized carbons (Fsp3) is 0.214. The quantitative estimate of drug-likeness (QED) is 0.536. The van der Waals surface area contributed by atoms with Crippen LogP contribution < -0.4 is 4.74 Å². The van der Waals surface area contributed by atoms with Crippen molar-refractivity contribution in [1.82, 2.24) is 0 Å². The number of carbonyl (C=O) groups excluding carboxylic acids is 1. The first-order chi connectivity index (χ1) is 7.75. The Morgan fingerprint density at radius 2 is 2.06 bits per heavy atom. The van der Waals surface area contributed by atoms with Gasteiger partial charge in [-0.3, -0.25) is 4.79 Å². The Labute approximate surface area is 93.8 Å². The van der Waals surface area contributed by atoms with Crippen molar-refractivity contribution >= 4 is 16.7 Å². The van der Waals surface area contributed by atoms with E-state index in [-0.39, 0.29) is 5.97 Å². The highest BCUT2D eigenvalue weighted by atomic mass is 16.5. The first kappa shape index (κ1) is 9.40. The molecule has 0 aliphatic heterocycles. The van der Waals surface area contributed by atoms with E-state index in [1.54, 1.807) is 0 Å². The highest BCUT2D eigenvalue weighted by Gasteiger charge is 2.18. The minimum Gasteiger partial charge on any atom is -0.426 e. The molecule has 0 saturated carbocycles. The first-order valence-corrected chi connectivity index (χ1v) is 5.47. The zero-order valence-corrected chi connectivity index (χ0v) is 9.12. The Hall–Kier alpha value is -1.83. The Kier molecular flexibility index (Phi) is 1.96. The van der Waals surface area contributed by atoms with Crippen LogP contribution >= 0.6 is 0 Å². The number of rotatable bonds is 1. The lowest BCUT2D eigenvalue weighted by Crippen LogP contribution is -2.03. The molecule has 2 aromatic carbocycles. The lowest BCUT2D eigenvalue weighted by atomic mass is 10.0. The van der Waals surface area contributed by atoms with Crippen LogP contribution in [0.5, 0.6) is 5.75 Å². The van der Waals surface area contributed by atoms with E-state index in [2.05, 4.69) is 18.2 Å². The van der Waals surface area contributed by atoms with Crippen LogP contribution in [-0.2, 0) is 17.6 Å². The SMILES string of the molecule is CC(=O)Oc1ccc2cccc3c2c1CC3. The van der Waals surface area contributed by atoms with Crippen LogP contribution in [0.1, 0.15) is 18.1 Å². The minimum atomic E-state index is -0.250. The molecule has 0 bridgehead atoms. The maximum Gasteiger partial charge on any atom is 0.308 e. The van der Waals surface area contributed by atoms with Crippen molar-refractivity contribution in [3.8, 4) is 5.75 Å². The maximum atomic E-state index is 11.0. The summed E-state index contributed by atoms with van der Waals surface area (Å²) in [6.45, 7) is 1.44. The molecule has 0 atom stereocenters. The molecule has 0 saturated heterocycles. The average molecular weight is 212 g/mol. The van der Waals surface area contributed by atoms with Gasteiger partial charge in [-0.1, -0.05) is 24.3 Å². The predicted molar refractivity (Wildman–Crippen MR) is 62.7 cm³/mol. The van der Waals surface area contributed by atoms with Crippen LogP contribution in [0.4, 0.5) is 0 Å². The minimum absolute atomic E-state index is 0.250. The van der Waals surface area contributed by atoms with Crippen molar-refractivity contribution in [3.63, 3.8) is 0 Å². The average Bonchev–Trinajstić information content (AvgIpc) is 2.68. The van der Waals surface area contributed by atoms with Gasteiger partial charge in [0.05, 0.1) is 0 Å². The first-order valence-electron chi connectivity index (χ1n) is 5.47. The molecule has 16 heavy (non-hydrogen) atoms. The summed E-state index contributed by atoms with van der Waals surface area (Å²) >= 11 is 0. The fourth-order valence-electron chi connectivity index (χ4n) is 2.48. The molecule has 3 rings (SSSR count). The van der Waals surface area contributed by atoms with Gasteiger partial charge in [0.15, 0.2) is 0 Å². The van der Waals surface area contributed by atoms with Gasteiger partial charge < -0.3 is 4.74 Å². The molecule has 1 aliphatic rings. The molecule has 2 nitrogen and oxygen atoms in total. The molecule has 0 spiro atoms. The summed E-state index contributed by atoms with van der Waals surface area (Å²) in [6.07, 6.45) is 2.02. The second kappa shape index (κ2) is 3.34. The van der Waals surface area contributed by atoms with Crippen LogP contribution in [-0.4, -0.2) is 5.97 Å². The summed E-state index contributed by atoms with van der Waals surface area (Å²) in [5.74, 6) is 0.477. The second-order valence-electron chi connectivity index (χ2n) is 4.15. The standard InChI is InChI=1S/C14H12O2/c1-9(15)16-13-8-6-11-4-2-3-10-5-7-12(13)14(10)11/h2-4,6,8H,5,7H2,1H3. The van der Waals surface area contributed by atoms with Crippen molar-refractivity contribution in [2.24, 2.45) is 0 Å². The molecule has 0 aromatic heterocycles. The fourth-order valence-corrected chi connectivity index (χ4v) is 2.48. The molecule has 80 valence electrons. The molecule has 0 N–H and O–H groups in total. The van der Waals surface area contributed by atoms with E-state index < -0.39 is 0 Å². The topological polar surface area (TPSA) is 26.3 Å². The Morgan fingerprint density at radius 3 is 2.88 bits per heavy atom. The normalized spacial score (nSPS) is 13.1. The number of ether oxygens (including phenoxy) is 1. The Morgan fingerprint density at radius 1 is 1.19 bits per heavy atom. The van der Waals surface area contributed by atoms with Crippen molar-refractivity contribution in [3.05, 3.63) is 41.5 Å². The van der Waals surface area contributed by atoms with Gasteiger partial charge in [0, 0.05) is 12.5 Å². The van der Waals surface area contributed by atoms with Gasteiger partial charge in [-0.05, 0) is 35.2 Å². The summed E-state index contributed by atoms with van der Waals surface area (Å²) < 4.78 is 5.24. The van der Waals surface area contributed by atoms with Crippen LogP contribution in [0, 0.1) is 0 Å². The van der Waals surface area contributed by atoms with Gasteiger partial charge in [-0.2, -0.15) is 0 Å². The molecule has 0 unspecified atom stereocenters. The molecule has 0 radical (unpaired) electrons. The number of carbonyl (C=O) groups is 1. The van der Waals surface area contributed by atoms with Crippen LogP contribution in [0.2, 0.25) is 0 Å². The van der Waals surface area contributed by atoms with E-state index in [4.69, 9.17) is 4.74 Å². The van der Waals surface area contributed by atoms with Gasteiger partial charge >= 0.3 is 5.97 Å². The molecular weight excluding hydrogens is 200 g/mol. The third-order valence-corrected chi connectivity index (χ3v) is 3.09. The number of aryl methyl sites for hydroxylation is 2. The van der Waals surface area contributed by atoms with Crippen LogP contribution in [0.25, 0.3) is 10.8 Å². The number of hydrogen-bond acceptors (Lipinski definition) is 2. The van der Waals surface area contributed by atoms with Crippen molar-refractivity contribution in [1.29, 1.82) is 0 Å². The number of benzene rings is 2. The summed E-state index contributed by atoms with van der Waals surface area (Å²) in [6, 6.07) is 10.2. The largest absolute Gasteiger partial charge is 0.426 e. The summed E-state index contributed by atoms with van der Waals surface area (Å²) in [5.41, 5.74) is 2.55. The van der Waals surface area contributed by atoms with Crippen molar-refractivity contribution < 1.29 is 9.53 Å². The van der Waals surface area contributed by atoms with Crippen LogP contribution in [0.15, 0.2) is 30.3 Å². The van der Waals surface area contributed by atoms with Gasteiger partial charge in [-0.15, -0.1) is 0 Å². The third kappa shape index (κ3) is 1.30. The number of esters is 1. The van der Waals surface area contributed by atoms with E-state index in [1.807, 2.05) is 12.1 Å². The molecule has 0 amide bonds. The maximum absolute atomic E-state index is 11.0. The van der Waals surface area contributed by atoms with E-state index in [1.165, 1.54) is 28.8 Å². The zero-order valence-electron chi connectivity index (χ0n) is 9.12. The van der Waals surface area contributed by atoms with Gasteiger partial charge in [0.25, 0.3) is 0 Å². The monoisotopic (exact) mass is 212 g/mol. The van der Waals surface area contributed by atoms with Crippen molar-refractivity contribution in [2.75, 3.05) is 0 Å². The Balaban J connectivity index is 2.26. The molecule has 0 fully saturated rings. The highest BCUT2D eigenvalue weighted by Crippen LogP contribution is 2.36.